The Labute approximate surface area is 116 Å². The van der Waals surface area contributed by atoms with Crippen molar-refractivity contribution in [3.8, 4) is 0 Å². The molecule has 0 bridgehead atoms. The number of aryl methyl sites for hydroxylation is 2. The molecule has 0 N–H and O–H groups in total. The normalized spacial score (nSPS) is 12.1. The van der Waals surface area contributed by atoms with Gasteiger partial charge in [-0.05, 0) is 36.4 Å². The van der Waals surface area contributed by atoms with Crippen LogP contribution in [0.2, 0.25) is 0 Å². The SMILES string of the molecule is CCn1nnn(C=CS(=O)(=O)c2ccc(C)cc2)c1=O. The molecule has 0 amide bonds. The molecule has 0 saturated carbocycles. The molecule has 1 aromatic heterocycles. The third-order valence-corrected chi connectivity index (χ3v) is 4.10. The molecule has 1 heterocycles. The van der Waals surface area contributed by atoms with Gasteiger partial charge < -0.3 is 0 Å². The Morgan fingerprint density at radius 2 is 1.85 bits per heavy atom. The largest absolute Gasteiger partial charge is 0.367 e. The molecule has 0 aliphatic carbocycles. The summed E-state index contributed by atoms with van der Waals surface area (Å²) in [6.07, 6.45) is 1.09. The van der Waals surface area contributed by atoms with E-state index in [0.717, 1.165) is 26.5 Å². The second-order valence-electron chi connectivity index (χ2n) is 4.17. The van der Waals surface area contributed by atoms with Gasteiger partial charge in [-0.2, -0.15) is 9.36 Å². The van der Waals surface area contributed by atoms with Gasteiger partial charge >= 0.3 is 5.69 Å². The van der Waals surface area contributed by atoms with Crippen LogP contribution in [0, 0.1) is 6.92 Å². The van der Waals surface area contributed by atoms with Crippen LogP contribution < -0.4 is 5.69 Å². The number of hydrogen-bond donors (Lipinski definition) is 0. The fourth-order valence-electron chi connectivity index (χ4n) is 1.52. The van der Waals surface area contributed by atoms with Crippen LogP contribution in [0.15, 0.2) is 39.4 Å². The van der Waals surface area contributed by atoms with E-state index in [9.17, 15) is 13.2 Å². The van der Waals surface area contributed by atoms with E-state index in [1.54, 1.807) is 19.1 Å². The number of benzene rings is 1. The maximum absolute atomic E-state index is 12.0. The molecule has 0 fully saturated rings. The van der Waals surface area contributed by atoms with E-state index in [0.29, 0.717) is 6.54 Å². The number of tetrazole rings is 1. The summed E-state index contributed by atoms with van der Waals surface area (Å²) in [5.41, 5.74) is 0.484. The van der Waals surface area contributed by atoms with Crippen molar-refractivity contribution in [3.05, 3.63) is 45.7 Å². The summed E-state index contributed by atoms with van der Waals surface area (Å²) in [4.78, 5) is 11.8. The molecule has 0 atom stereocenters. The first-order valence-corrected chi connectivity index (χ1v) is 7.51. The fraction of sp³-hybridized carbons (Fsp3) is 0.250. The quantitative estimate of drug-likeness (QED) is 0.827. The topological polar surface area (TPSA) is 86.8 Å². The Morgan fingerprint density at radius 3 is 2.40 bits per heavy atom. The first kappa shape index (κ1) is 14.2. The van der Waals surface area contributed by atoms with Crippen LogP contribution >= 0.6 is 0 Å². The Bertz CT molecular complexity index is 785. The van der Waals surface area contributed by atoms with Gasteiger partial charge in [-0.1, -0.05) is 17.7 Å². The first-order chi connectivity index (χ1) is 9.44. The van der Waals surface area contributed by atoms with Crippen molar-refractivity contribution < 1.29 is 8.42 Å². The van der Waals surface area contributed by atoms with E-state index in [1.165, 1.54) is 12.1 Å². The zero-order chi connectivity index (χ0) is 14.8. The highest BCUT2D eigenvalue weighted by molar-refractivity contribution is 7.94. The summed E-state index contributed by atoms with van der Waals surface area (Å²) in [7, 11) is -3.61. The highest BCUT2D eigenvalue weighted by atomic mass is 32.2. The number of hydrogen-bond acceptors (Lipinski definition) is 5. The Hall–Kier alpha value is -2.22. The lowest BCUT2D eigenvalue weighted by molar-refractivity contribution is 0.604. The van der Waals surface area contributed by atoms with Crippen LogP contribution in [-0.4, -0.2) is 28.2 Å². The lowest BCUT2D eigenvalue weighted by Crippen LogP contribution is -2.22. The number of aromatic nitrogens is 4. The van der Waals surface area contributed by atoms with Crippen LogP contribution in [0.3, 0.4) is 0 Å². The standard InChI is InChI=1S/C12H14N4O3S/c1-3-15-12(17)16(14-13-15)8-9-20(18,19)11-6-4-10(2)5-7-11/h4-9H,3H2,1-2H3. The lowest BCUT2D eigenvalue weighted by atomic mass is 10.2. The van der Waals surface area contributed by atoms with Crippen LogP contribution in [-0.2, 0) is 16.4 Å². The van der Waals surface area contributed by atoms with Gasteiger partial charge in [0.2, 0.25) is 9.84 Å². The second-order valence-corrected chi connectivity index (χ2v) is 6.00. The molecule has 0 aliphatic heterocycles. The van der Waals surface area contributed by atoms with Crippen molar-refractivity contribution in [2.45, 2.75) is 25.3 Å². The minimum absolute atomic E-state index is 0.162. The maximum Gasteiger partial charge on any atom is 0.367 e. The summed E-state index contributed by atoms with van der Waals surface area (Å²) >= 11 is 0. The van der Waals surface area contributed by atoms with Gasteiger partial charge in [0.25, 0.3) is 0 Å². The van der Waals surface area contributed by atoms with Gasteiger partial charge in [0.15, 0.2) is 0 Å². The Kier molecular flexibility index (Phi) is 3.84. The minimum atomic E-state index is -3.61. The number of nitrogens with zero attached hydrogens (tertiary/aromatic N) is 4. The molecule has 1 aromatic carbocycles. The average molecular weight is 294 g/mol. The molecule has 0 saturated heterocycles. The molecule has 8 heteroatoms. The zero-order valence-electron chi connectivity index (χ0n) is 11.1. The van der Waals surface area contributed by atoms with Crippen LogP contribution in [0.25, 0.3) is 6.20 Å². The second kappa shape index (κ2) is 5.41. The minimum Gasteiger partial charge on any atom is -0.244 e. The van der Waals surface area contributed by atoms with Crippen molar-refractivity contribution in [1.29, 1.82) is 0 Å². The van der Waals surface area contributed by atoms with Crippen LogP contribution in [0.1, 0.15) is 12.5 Å². The van der Waals surface area contributed by atoms with E-state index < -0.39 is 15.5 Å². The molecule has 0 aliphatic rings. The number of rotatable bonds is 4. The molecule has 2 rings (SSSR count). The van der Waals surface area contributed by atoms with Crippen molar-refractivity contribution in [2.24, 2.45) is 0 Å². The van der Waals surface area contributed by atoms with Gasteiger partial charge in [0.05, 0.1) is 10.3 Å². The molecule has 7 nitrogen and oxygen atoms in total. The third-order valence-electron chi connectivity index (χ3n) is 2.69. The van der Waals surface area contributed by atoms with Gasteiger partial charge in [0.1, 0.15) is 0 Å². The Balaban J connectivity index is 2.32. The average Bonchev–Trinajstić information content (AvgIpc) is 2.77. The van der Waals surface area contributed by atoms with E-state index in [1.807, 2.05) is 6.92 Å². The van der Waals surface area contributed by atoms with Gasteiger partial charge in [0, 0.05) is 12.7 Å². The van der Waals surface area contributed by atoms with Gasteiger partial charge in [-0.25, -0.2) is 13.2 Å². The van der Waals surface area contributed by atoms with E-state index in [-0.39, 0.29) is 4.90 Å². The summed E-state index contributed by atoms with van der Waals surface area (Å²) in [6, 6.07) is 6.45. The molecule has 106 valence electrons. The van der Waals surface area contributed by atoms with E-state index in [4.69, 9.17) is 0 Å². The highest BCUT2D eigenvalue weighted by Gasteiger charge is 2.10. The Morgan fingerprint density at radius 1 is 1.20 bits per heavy atom. The maximum atomic E-state index is 12.0. The van der Waals surface area contributed by atoms with Crippen LogP contribution in [0.5, 0.6) is 0 Å². The molecule has 2 aromatic rings. The van der Waals surface area contributed by atoms with Crippen LogP contribution in [0.4, 0.5) is 0 Å². The lowest BCUT2D eigenvalue weighted by Gasteiger charge is -1.99. The van der Waals surface area contributed by atoms with E-state index in [2.05, 4.69) is 10.4 Å². The third kappa shape index (κ3) is 2.85. The van der Waals surface area contributed by atoms with Gasteiger partial charge in [-0.15, -0.1) is 0 Å². The van der Waals surface area contributed by atoms with Crippen molar-refractivity contribution in [3.63, 3.8) is 0 Å². The molecular weight excluding hydrogens is 280 g/mol. The summed E-state index contributed by atoms with van der Waals surface area (Å²) in [5, 5.41) is 8.09. The number of sulfone groups is 1. The van der Waals surface area contributed by atoms with Crippen molar-refractivity contribution in [2.75, 3.05) is 0 Å². The van der Waals surface area contributed by atoms with Crippen molar-refractivity contribution in [1.82, 2.24) is 19.8 Å². The van der Waals surface area contributed by atoms with E-state index >= 15 is 0 Å². The summed E-state index contributed by atoms with van der Waals surface area (Å²) in [5.74, 6) is 0. The monoisotopic (exact) mass is 294 g/mol. The smallest absolute Gasteiger partial charge is 0.244 e. The summed E-state index contributed by atoms with van der Waals surface area (Å²) < 4.78 is 26.1. The molecule has 20 heavy (non-hydrogen) atoms. The fourth-order valence-corrected chi connectivity index (χ4v) is 2.47. The van der Waals surface area contributed by atoms with Gasteiger partial charge in [-0.3, -0.25) is 0 Å². The molecular formula is C12H14N4O3S. The molecule has 0 unspecified atom stereocenters. The first-order valence-electron chi connectivity index (χ1n) is 5.96. The zero-order valence-corrected chi connectivity index (χ0v) is 11.9. The molecule has 0 radical (unpaired) electrons. The highest BCUT2D eigenvalue weighted by Crippen LogP contribution is 2.13. The molecule has 0 spiro atoms. The predicted octanol–water partition coefficient (Wildman–Crippen LogP) is 0.670. The predicted molar refractivity (Wildman–Crippen MR) is 73.7 cm³/mol. The summed E-state index contributed by atoms with van der Waals surface area (Å²) in [6.45, 7) is 3.99. The van der Waals surface area contributed by atoms with Crippen molar-refractivity contribution >= 4 is 16.0 Å².